The largest absolute Gasteiger partial charge is 0.497 e. The second kappa shape index (κ2) is 5.09. The molecule has 0 aliphatic heterocycles. The van der Waals surface area contributed by atoms with E-state index in [-0.39, 0.29) is 5.25 Å². The highest BCUT2D eigenvalue weighted by Crippen LogP contribution is 2.33. The van der Waals surface area contributed by atoms with Crippen LogP contribution >= 0.6 is 11.8 Å². The van der Waals surface area contributed by atoms with E-state index < -0.39 is 0 Å². The lowest BCUT2D eigenvalue weighted by atomic mass is 10.1. The Hall–Kier alpha value is -1.69. The van der Waals surface area contributed by atoms with Crippen molar-refractivity contribution in [2.24, 2.45) is 0 Å². The first kappa shape index (κ1) is 11.8. The summed E-state index contributed by atoms with van der Waals surface area (Å²) in [7, 11) is 1.66. The molecule has 0 amide bonds. The van der Waals surface area contributed by atoms with Crippen molar-refractivity contribution in [1.82, 2.24) is 15.2 Å². The molecule has 90 valence electrons. The number of hydrogen-bond donors (Lipinski definition) is 2. The highest BCUT2D eigenvalue weighted by molar-refractivity contribution is 7.99. The van der Waals surface area contributed by atoms with Crippen LogP contribution < -0.4 is 10.5 Å². The molecule has 1 aromatic carbocycles. The van der Waals surface area contributed by atoms with Crippen LogP contribution in [0.5, 0.6) is 5.75 Å². The van der Waals surface area contributed by atoms with Crippen LogP contribution in [0.4, 0.5) is 5.95 Å². The van der Waals surface area contributed by atoms with Gasteiger partial charge in [-0.2, -0.15) is 4.98 Å². The molecule has 1 heterocycles. The van der Waals surface area contributed by atoms with E-state index in [4.69, 9.17) is 10.5 Å². The minimum atomic E-state index is 0.236. The molecule has 0 spiro atoms. The number of nitrogen functional groups attached to an aromatic ring is 1. The topological polar surface area (TPSA) is 76.8 Å². The summed E-state index contributed by atoms with van der Waals surface area (Å²) in [5, 5.41) is 7.50. The summed E-state index contributed by atoms with van der Waals surface area (Å²) in [6, 6.07) is 7.95. The third kappa shape index (κ3) is 2.91. The average molecular weight is 250 g/mol. The SMILES string of the molecule is COc1cccc([C@H](C)Sc2n[nH]c(N)n2)c1. The van der Waals surface area contributed by atoms with Crippen LogP contribution in [0.15, 0.2) is 29.4 Å². The zero-order valence-corrected chi connectivity index (χ0v) is 10.5. The van der Waals surface area contributed by atoms with Gasteiger partial charge < -0.3 is 10.5 Å². The third-order valence-corrected chi connectivity index (χ3v) is 3.35. The summed E-state index contributed by atoms with van der Waals surface area (Å²) in [6.07, 6.45) is 0. The Morgan fingerprint density at radius 2 is 2.29 bits per heavy atom. The Balaban J connectivity index is 2.11. The first-order valence-electron chi connectivity index (χ1n) is 5.17. The van der Waals surface area contributed by atoms with Gasteiger partial charge in [-0.25, -0.2) is 5.10 Å². The zero-order valence-electron chi connectivity index (χ0n) is 9.68. The number of thioether (sulfide) groups is 1. The average Bonchev–Trinajstić information content (AvgIpc) is 2.75. The van der Waals surface area contributed by atoms with Crippen LogP contribution in [0.1, 0.15) is 17.7 Å². The highest BCUT2D eigenvalue weighted by atomic mass is 32.2. The molecule has 0 fully saturated rings. The van der Waals surface area contributed by atoms with E-state index in [2.05, 4.69) is 28.2 Å². The van der Waals surface area contributed by atoms with E-state index in [9.17, 15) is 0 Å². The lowest BCUT2D eigenvalue weighted by Gasteiger charge is -2.10. The van der Waals surface area contributed by atoms with Crippen LogP contribution in [0, 0.1) is 0 Å². The number of nitrogens with zero attached hydrogens (tertiary/aromatic N) is 2. The molecule has 0 aliphatic carbocycles. The summed E-state index contributed by atoms with van der Waals surface area (Å²) in [5.41, 5.74) is 6.64. The van der Waals surface area contributed by atoms with Crippen molar-refractivity contribution >= 4 is 17.7 Å². The predicted octanol–water partition coefficient (Wildman–Crippen LogP) is 2.25. The van der Waals surface area contributed by atoms with Gasteiger partial charge in [-0.1, -0.05) is 23.9 Å². The Morgan fingerprint density at radius 1 is 1.47 bits per heavy atom. The van der Waals surface area contributed by atoms with E-state index in [1.807, 2.05) is 18.2 Å². The van der Waals surface area contributed by atoms with Gasteiger partial charge in [0.25, 0.3) is 0 Å². The number of rotatable bonds is 4. The minimum absolute atomic E-state index is 0.236. The van der Waals surface area contributed by atoms with Crippen molar-refractivity contribution in [1.29, 1.82) is 0 Å². The minimum Gasteiger partial charge on any atom is -0.497 e. The van der Waals surface area contributed by atoms with E-state index in [1.165, 1.54) is 0 Å². The number of benzene rings is 1. The highest BCUT2D eigenvalue weighted by Gasteiger charge is 2.11. The molecule has 0 radical (unpaired) electrons. The van der Waals surface area contributed by atoms with Gasteiger partial charge >= 0.3 is 0 Å². The van der Waals surface area contributed by atoms with Gasteiger partial charge in [-0.15, -0.1) is 5.10 Å². The number of hydrogen-bond acceptors (Lipinski definition) is 5. The van der Waals surface area contributed by atoms with E-state index >= 15 is 0 Å². The molecule has 6 heteroatoms. The van der Waals surface area contributed by atoms with E-state index in [0.29, 0.717) is 11.1 Å². The number of nitrogens with one attached hydrogen (secondary N) is 1. The van der Waals surface area contributed by atoms with Crippen molar-refractivity contribution in [3.63, 3.8) is 0 Å². The summed E-state index contributed by atoms with van der Waals surface area (Å²) < 4.78 is 5.19. The van der Waals surface area contributed by atoms with Gasteiger partial charge in [-0.05, 0) is 24.6 Å². The monoisotopic (exact) mass is 250 g/mol. The quantitative estimate of drug-likeness (QED) is 0.814. The number of aromatic nitrogens is 3. The summed E-state index contributed by atoms with van der Waals surface area (Å²) in [4.78, 5) is 4.06. The molecule has 0 aliphatic rings. The van der Waals surface area contributed by atoms with Gasteiger partial charge in [0.05, 0.1) is 7.11 Å². The molecule has 1 aromatic heterocycles. The number of nitrogens with two attached hydrogens (primary N) is 1. The van der Waals surface area contributed by atoms with Crippen LogP contribution in [0.2, 0.25) is 0 Å². The smallest absolute Gasteiger partial charge is 0.216 e. The Kier molecular flexibility index (Phi) is 3.53. The molecule has 17 heavy (non-hydrogen) atoms. The standard InChI is InChI=1S/C11H14N4OS/c1-7(17-11-13-10(12)14-15-11)8-4-3-5-9(6-8)16-2/h3-7H,1-2H3,(H3,12,13,14,15)/t7-/m0/s1. The molecule has 5 nitrogen and oxygen atoms in total. The van der Waals surface area contributed by atoms with Gasteiger partial charge in [-0.3, -0.25) is 0 Å². The maximum absolute atomic E-state index is 5.48. The molecule has 0 saturated carbocycles. The first-order valence-corrected chi connectivity index (χ1v) is 6.05. The first-order chi connectivity index (χ1) is 8.19. The van der Waals surface area contributed by atoms with Crippen molar-refractivity contribution in [2.45, 2.75) is 17.3 Å². The van der Waals surface area contributed by atoms with E-state index in [0.717, 1.165) is 11.3 Å². The molecule has 3 N–H and O–H groups in total. The maximum Gasteiger partial charge on any atom is 0.216 e. The van der Waals surface area contributed by atoms with Crippen LogP contribution in [-0.4, -0.2) is 22.3 Å². The second-order valence-electron chi connectivity index (χ2n) is 3.54. The Morgan fingerprint density at radius 3 is 2.94 bits per heavy atom. The fourth-order valence-corrected chi connectivity index (χ4v) is 2.28. The molecular formula is C11H14N4OS. The number of aromatic amines is 1. The fraction of sp³-hybridized carbons (Fsp3) is 0.273. The van der Waals surface area contributed by atoms with Crippen molar-refractivity contribution in [2.75, 3.05) is 12.8 Å². The third-order valence-electron chi connectivity index (χ3n) is 2.33. The second-order valence-corrected chi connectivity index (χ2v) is 4.85. The van der Waals surface area contributed by atoms with Gasteiger partial charge in [0.2, 0.25) is 11.1 Å². The molecule has 0 saturated heterocycles. The predicted molar refractivity (Wildman–Crippen MR) is 68.1 cm³/mol. The Bertz CT molecular complexity index is 500. The molecular weight excluding hydrogens is 236 g/mol. The normalized spacial score (nSPS) is 12.4. The van der Waals surface area contributed by atoms with Crippen molar-refractivity contribution in [3.8, 4) is 5.75 Å². The van der Waals surface area contributed by atoms with Crippen molar-refractivity contribution in [3.05, 3.63) is 29.8 Å². The maximum atomic E-state index is 5.48. The number of H-pyrrole nitrogens is 1. The molecule has 1 atom stereocenters. The van der Waals surface area contributed by atoms with Crippen LogP contribution in [0.3, 0.4) is 0 Å². The van der Waals surface area contributed by atoms with Gasteiger partial charge in [0, 0.05) is 5.25 Å². The number of anilines is 1. The summed E-state index contributed by atoms with van der Waals surface area (Å²) in [5.74, 6) is 1.19. The molecule has 0 unspecified atom stereocenters. The van der Waals surface area contributed by atoms with Crippen LogP contribution in [-0.2, 0) is 0 Å². The lowest BCUT2D eigenvalue weighted by molar-refractivity contribution is 0.414. The number of methoxy groups -OCH3 is 1. The van der Waals surface area contributed by atoms with Gasteiger partial charge in [0.15, 0.2) is 0 Å². The zero-order chi connectivity index (χ0) is 12.3. The Labute approximate surface area is 104 Å². The fourth-order valence-electron chi connectivity index (χ4n) is 1.43. The lowest BCUT2D eigenvalue weighted by Crippen LogP contribution is -1.91. The van der Waals surface area contributed by atoms with Crippen molar-refractivity contribution < 1.29 is 4.74 Å². The summed E-state index contributed by atoms with van der Waals surface area (Å²) in [6.45, 7) is 2.09. The van der Waals surface area contributed by atoms with E-state index in [1.54, 1.807) is 18.9 Å². The molecule has 2 aromatic rings. The summed E-state index contributed by atoms with van der Waals surface area (Å²) >= 11 is 1.55. The number of ether oxygens (including phenoxy) is 1. The van der Waals surface area contributed by atoms with Crippen LogP contribution in [0.25, 0.3) is 0 Å². The molecule has 2 rings (SSSR count). The molecule has 0 bridgehead atoms. The van der Waals surface area contributed by atoms with Gasteiger partial charge in [0.1, 0.15) is 5.75 Å².